The summed E-state index contributed by atoms with van der Waals surface area (Å²) >= 11 is 0. The van der Waals surface area contributed by atoms with Crippen molar-refractivity contribution in [1.29, 1.82) is 0 Å². The third kappa shape index (κ3) is 3.05. The number of sulfone groups is 1. The van der Waals surface area contributed by atoms with Gasteiger partial charge in [-0.2, -0.15) is 5.10 Å². The molecule has 1 aliphatic rings. The van der Waals surface area contributed by atoms with Gasteiger partial charge in [0.1, 0.15) is 4.90 Å². The monoisotopic (exact) mass is 320 g/mol. The maximum absolute atomic E-state index is 11.8. The Labute approximate surface area is 130 Å². The molecule has 6 nitrogen and oxygen atoms in total. The normalized spacial score (nSPS) is 19.6. The second-order valence-electron chi connectivity index (χ2n) is 5.91. The van der Waals surface area contributed by atoms with E-state index in [0.717, 1.165) is 37.4 Å². The molecule has 1 N–H and O–H groups in total. The van der Waals surface area contributed by atoms with E-state index in [1.165, 1.54) is 18.0 Å². The van der Waals surface area contributed by atoms with Gasteiger partial charge in [0.2, 0.25) is 0 Å². The minimum atomic E-state index is -3.24. The fraction of sp³-hybridized carbons (Fsp3) is 0.467. The van der Waals surface area contributed by atoms with E-state index in [-0.39, 0.29) is 5.92 Å². The van der Waals surface area contributed by atoms with Crippen LogP contribution in [-0.2, 0) is 16.4 Å². The molecule has 0 saturated carbocycles. The Morgan fingerprint density at radius 3 is 3.00 bits per heavy atom. The first-order valence-corrected chi connectivity index (χ1v) is 9.20. The molecule has 7 heteroatoms. The van der Waals surface area contributed by atoms with Crippen molar-refractivity contribution in [1.82, 2.24) is 20.1 Å². The number of nitrogens with zero attached hydrogens (tertiary/aromatic N) is 3. The van der Waals surface area contributed by atoms with Gasteiger partial charge >= 0.3 is 0 Å². The van der Waals surface area contributed by atoms with Crippen molar-refractivity contribution < 1.29 is 8.42 Å². The van der Waals surface area contributed by atoms with Gasteiger partial charge in [0.25, 0.3) is 0 Å². The number of H-pyrrole nitrogens is 1. The predicted molar refractivity (Wildman–Crippen MR) is 83.3 cm³/mol. The van der Waals surface area contributed by atoms with Crippen LogP contribution in [0.4, 0.5) is 0 Å². The molecule has 118 valence electrons. The molecule has 0 bridgehead atoms. The predicted octanol–water partition coefficient (Wildman–Crippen LogP) is 1.51. The van der Waals surface area contributed by atoms with E-state index < -0.39 is 9.84 Å². The quantitative estimate of drug-likeness (QED) is 0.923. The number of aryl methyl sites for hydroxylation is 1. The smallest absolute Gasteiger partial charge is 0.178 e. The van der Waals surface area contributed by atoms with Crippen LogP contribution in [0.25, 0.3) is 0 Å². The average molecular weight is 320 g/mol. The Bertz CT molecular complexity index is 769. The minimum absolute atomic E-state index is 0.177. The molecule has 0 aromatic carbocycles. The van der Waals surface area contributed by atoms with Gasteiger partial charge in [0, 0.05) is 31.5 Å². The summed E-state index contributed by atoms with van der Waals surface area (Å²) in [6.07, 6.45) is 5.38. The van der Waals surface area contributed by atoms with E-state index >= 15 is 0 Å². The summed E-state index contributed by atoms with van der Waals surface area (Å²) in [7, 11) is -3.24. The van der Waals surface area contributed by atoms with Crippen molar-refractivity contribution in [2.75, 3.05) is 19.3 Å². The van der Waals surface area contributed by atoms with Gasteiger partial charge in [0.05, 0.1) is 17.6 Å². The summed E-state index contributed by atoms with van der Waals surface area (Å²) in [5.74, 6) is 0.177. The molecule has 0 amide bonds. The van der Waals surface area contributed by atoms with Crippen LogP contribution < -0.4 is 0 Å². The minimum Gasteiger partial charge on any atom is -0.297 e. The summed E-state index contributed by atoms with van der Waals surface area (Å²) in [6, 6.07) is 4.00. The molecule has 1 fully saturated rings. The number of pyridine rings is 1. The van der Waals surface area contributed by atoms with Crippen molar-refractivity contribution >= 4 is 9.84 Å². The second-order valence-corrected chi connectivity index (χ2v) is 7.89. The molecule has 2 aromatic heterocycles. The summed E-state index contributed by atoms with van der Waals surface area (Å²) in [5.41, 5.74) is 3.00. The summed E-state index contributed by atoms with van der Waals surface area (Å²) in [4.78, 5) is 7.07. The molecule has 1 unspecified atom stereocenters. The highest BCUT2D eigenvalue weighted by atomic mass is 32.2. The van der Waals surface area contributed by atoms with Crippen LogP contribution in [0.15, 0.2) is 29.4 Å². The Balaban J connectivity index is 1.74. The topological polar surface area (TPSA) is 79.0 Å². The molecule has 1 atom stereocenters. The number of likely N-dealkylation sites (tertiary alicyclic amines) is 1. The van der Waals surface area contributed by atoms with Crippen LogP contribution in [0, 0.1) is 6.92 Å². The number of aromatic nitrogens is 3. The highest BCUT2D eigenvalue weighted by Gasteiger charge is 2.29. The van der Waals surface area contributed by atoms with E-state index in [0.29, 0.717) is 4.90 Å². The summed E-state index contributed by atoms with van der Waals surface area (Å²) in [5, 5.41) is 6.80. The fourth-order valence-corrected chi connectivity index (χ4v) is 3.84. The number of aromatic amines is 1. The van der Waals surface area contributed by atoms with E-state index in [4.69, 9.17) is 0 Å². The molecule has 1 saturated heterocycles. The number of hydrogen-bond acceptors (Lipinski definition) is 5. The van der Waals surface area contributed by atoms with E-state index in [1.54, 1.807) is 0 Å². The zero-order valence-corrected chi connectivity index (χ0v) is 13.6. The van der Waals surface area contributed by atoms with Gasteiger partial charge in [0.15, 0.2) is 9.84 Å². The van der Waals surface area contributed by atoms with Crippen molar-refractivity contribution in [3.8, 4) is 0 Å². The van der Waals surface area contributed by atoms with Gasteiger partial charge in [-0.1, -0.05) is 6.07 Å². The highest BCUT2D eigenvalue weighted by Crippen LogP contribution is 2.30. The summed E-state index contributed by atoms with van der Waals surface area (Å²) in [6.45, 7) is 4.61. The lowest BCUT2D eigenvalue weighted by atomic mass is 10.1. The largest absolute Gasteiger partial charge is 0.297 e. The lowest BCUT2D eigenvalue weighted by Gasteiger charge is -2.16. The molecule has 3 heterocycles. The Kier molecular flexibility index (Phi) is 4.01. The van der Waals surface area contributed by atoms with Crippen LogP contribution in [0.2, 0.25) is 0 Å². The maximum Gasteiger partial charge on any atom is 0.178 e. The van der Waals surface area contributed by atoms with E-state index in [2.05, 4.69) is 33.1 Å². The molecular formula is C15H20N4O2S. The van der Waals surface area contributed by atoms with Gasteiger partial charge in [-0.15, -0.1) is 0 Å². The van der Waals surface area contributed by atoms with Crippen LogP contribution in [-0.4, -0.2) is 47.8 Å². The van der Waals surface area contributed by atoms with Crippen LogP contribution in [0.5, 0.6) is 0 Å². The van der Waals surface area contributed by atoms with E-state index in [9.17, 15) is 8.42 Å². The highest BCUT2D eigenvalue weighted by molar-refractivity contribution is 7.90. The standard InChI is InChI=1S/C15H20N4O2S/c1-11-4-3-6-16-13(11)10-19-7-5-12(9-19)15-14(8-17-18-15)22(2,20)21/h3-4,6,8,12H,5,7,9-10H2,1-2H3,(H,17,18). The van der Waals surface area contributed by atoms with Gasteiger partial charge in [-0.3, -0.25) is 15.0 Å². The first kappa shape index (κ1) is 15.2. The Morgan fingerprint density at radius 1 is 1.45 bits per heavy atom. The molecule has 0 aliphatic carbocycles. The first-order chi connectivity index (χ1) is 10.4. The Morgan fingerprint density at radius 2 is 2.27 bits per heavy atom. The first-order valence-electron chi connectivity index (χ1n) is 7.31. The second kappa shape index (κ2) is 5.81. The van der Waals surface area contributed by atoms with Crippen molar-refractivity contribution in [2.24, 2.45) is 0 Å². The van der Waals surface area contributed by atoms with Gasteiger partial charge < -0.3 is 0 Å². The van der Waals surface area contributed by atoms with Crippen molar-refractivity contribution in [3.05, 3.63) is 41.5 Å². The number of nitrogens with one attached hydrogen (secondary N) is 1. The summed E-state index contributed by atoms with van der Waals surface area (Å²) < 4.78 is 23.6. The Hall–Kier alpha value is -1.73. The molecule has 0 spiro atoms. The van der Waals surface area contributed by atoms with Crippen molar-refractivity contribution in [2.45, 2.75) is 30.7 Å². The maximum atomic E-state index is 11.8. The molecule has 3 rings (SSSR count). The van der Waals surface area contributed by atoms with E-state index in [1.807, 2.05) is 12.3 Å². The van der Waals surface area contributed by atoms with Gasteiger partial charge in [-0.05, 0) is 31.5 Å². The third-order valence-electron chi connectivity index (χ3n) is 4.20. The zero-order valence-electron chi connectivity index (χ0n) is 12.8. The lowest BCUT2D eigenvalue weighted by molar-refractivity contribution is 0.321. The fourth-order valence-electron chi connectivity index (χ4n) is 2.98. The van der Waals surface area contributed by atoms with Crippen molar-refractivity contribution in [3.63, 3.8) is 0 Å². The van der Waals surface area contributed by atoms with Crippen LogP contribution in [0.3, 0.4) is 0 Å². The van der Waals surface area contributed by atoms with Crippen LogP contribution >= 0.6 is 0 Å². The van der Waals surface area contributed by atoms with Crippen LogP contribution in [0.1, 0.15) is 29.3 Å². The average Bonchev–Trinajstić information content (AvgIpc) is 3.09. The molecule has 0 radical (unpaired) electrons. The molecule has 2 aromatic rings. The third-order valence-corrected chi connectivity index (χ3v) is 5.33. The van der Waals surface area contributed by atoms with Gasteiger partial charge in [-0.25, -0.2) is 8.42 Å². The number of hydrogen-bond donors (Lipinski definition) is 1. The molecule has 1 aliphatic heterocycles. The SMILES string of the molecule is Cc1cccnc1CN1CCC(c2[nH]ncc2S(C)(=O)=O)C1. The number of rotatable bonds is 4. The molecule has 22 heavy (non-hydrogen) atoms. The molecular weight excluding hydrogens is 300 g/mol. The zero-order chi connectivity index (χ0) is 15.7. The lowest BCUT2D eigenvalue weighted by Crippen LogP contribution is -2.21.